The summed E-state index contributed by atoms with van der Waals surface area (Å²) in [6, 6.07) is 29.4. The second kappa shape index (κ2) is 7.23. The fourth-order valence-corrected chi connectivity index (χ4v) is 4.49. The molecule has 0 saturated heterocycles. The Balaban J connectivity index is 1.57. The molecule has 0 bridgehead atoms. The van der Waals surface area contributed by atoms with Gasteiger partial charge < -0.3 is 5.11 Å². The van der Waals surface area contributed by atoms with E-state index in [0.717, 1.165) is 55.6 Å². The molecule has 4 aromatic carbocycles. The van der Waals surface area contributed by atoms with Crippen molar-refractivity contribution in [3.05, 3.63) is 120 Å². The molecule has 1 nitrogen and oxygen atoms in total. The van der Waals surface area contributed by atoms with Gasteiger partial charge in [-0.1, -0.05) is 98.1 Å². The van der Waals surface area contributed by atoms with Crippen LogP contribution in [0.1, 0.15) is 29.2 Å². The molecule has 0 saturated carbocycles. The molecule has 0 unspecified atom stereocenters. The van der Waals surface area contributed by atoms with Crippen LogP contribution in [-0.2, 0) is 5.60 Å². The van der Waals surface area contributed by atoms with E-state index in [0.29, 0.717) is 0 Å². The Hall–Kier alpha value is -3.68. The minimum atomic E-state index is -1.04. The molecule has 5 rings (SSSR count). The first kappa shape index (κ1) is 19.3. The van der Waals surface area contributed by atoms with Crippen molar-refractivity contribution < 1.29 is 5.11 Å². The van der Waals surface area contributed by atoms with Crippen molar-refractivity contribution in [2.75, 3.05) is 0 Å². The third-order valence-electron chi connectivity index (χ3n) is 6.34. The van der Waals surface area contributed by atoms with Gasteiger partial charge in [-0.15, -0.1) is 0 Å². The SMILES string of the molecule is C=Cc1ccc(-c2ccc3c(c2)C(C)(O)c2cc(-c4ccc(C=C)cc4)ccc2-3)cc1. The zero-order valence-corrected chi connectivity index (χ0v) is 17.6. The third-order valence-corrected chi connectivity index (χ3v) is 6.34. The van der Waals surface area contributed by atoms with E-state index >= 15 is 0 Å². The highest BCUT2D eigenvalue weighted by molar-refractivity contribution is 5.85. The Labute approximate surface area is 183 Å². The van der Waals surface area contributed by atoms with Crippen LogP contribution < -0.4 is 0 Å². The van der Waals surface area contributed by atoms with Gasteiger partial charge in [0.25, 0.3) is 0 Å². The Morgan fingerprint density at radius 2 is 0.935 bits per heavy atom. The molecule has 31 heavy (non-hydrogen) atoms. The van der Waals surface area contributed by atoms with Crippen LogP contribution in [-0.4, -0.2) is 5.11 Å². The van der Waals surface area contributed by atoms with E-state index < -0.39 is 5.60 Å². The lowest BCUT2D eigenvalue weighted by atomic mass is 9.90. The molecule has 0 radical (unpaired) electrons. The quantitative estimate of drug-likeness (QED) is 0.375. The summed E-state index contributed by atoms with van der Waals surface area (Å²) in [6.07, 6.45) is 3.69. The van der Waals surface area contributed by atoms with Crippen LogP contribution in [0, 0.1) is 0 Å². The van der Waals surface area contributed by atoms with Gasteiger partial charge in [0.2, 0.25) is 0 Å². The summed E-state index contributed by atoms with van der Waals surface area (Å²) in [5, 5.41) is 11.6. The van der Waals surface area contributed by atoms with Gasteiger partial charge in [-0.25, -0.2) is 0 Å². The van der Waals surface area contributed by atoms with Crippen molar-refractivity contribution >= 4 is 12.2 Å². The highest BCUT2D eigenvalue weighted by atomic mass is 16.3. The van der Waals surface area contributed by atoms with Crippen molar-refractivity contribution in [2.45, 2.75) is 12.5 Å². The minimum Gasteiger partial charge on any atom is -0.381 e. The lowest BCUT2D eigenvalue weighted by Crippen LogP contribution is -2.19. The monoisotopic (exact) mass is 400 g/mol. The molecule has 1 aliphatic rings. The smallest absolute Gasteiger partial charge is 0.113 e. The van der Waals surface area contributed by atoms with Gasteiger partial charge in [0.05, 0.1) is 0 Å². The Morgan fingerprint density at radius 1 is 0.581 bits per heavy atom. The van der Waals surface area contributed by atoms with Crippen molar-refractivity contribution in [1.82, 2.24) is 0 Å². The molecular formula is C30H24O. The number of benzene rings is 4. The van der Waals surface area contributed by atoms with Crippen LogP contribution in [0.2, 0.25) is 0 Å². The standard InChI is InChI=1S/C30H24O/c1-4-20-6-10-22(11-7-20)24-14-16-26-27-17-15-25(23-12-8-21(5-2)9-13-23)19-29(27)30(3,31)28(26)18-24/h4-19,31H,1-2H2,3H3. The third kappa shape index (κ3) is 3.15. The first-order chi connectivity index (χ1) is 15.0. The summed E-state index contributed by atoms with van der Waals surface area (Å²) in [5.41, 5.74) is 9.70. The fraction of sp³-hybridized carbons (Fsp3) is 0.0667. The second-order valence-corrected chi connectivity index (χ2v) is 8.25. The first-order valence-corrected chi connectivity index (χ1v) is 10.5. The molecule has 150 valence electrons. The molecule has 0 aliphatic heterocycles. The van der Waals surface area contributed by atoms with E-state index in [9.17, 15) is 5.11 Å². The minimum absolute atomic E-state index is 0.951. The normalized spacial score (nSPS) is 13.4. The van der Waals surface area contributed by atoms with Crippen LogP contribution in [0.3, 0.4) is 0 Å². The Morgan fingerprint density at radius 3 is 1.29 bits per heavy atom. The fourth-order valence-electron chi connectivity index (χ4n) is 4.49. The lowest BCUT2D eigenvalue weighted by Gasteiger charge is -2.21. The largest absolute Gasteiger partial charge is 0.381 e. The number of hydrogen-bond donors (Lipinski definition) is 1. The van der Waals surface area contributed by atoms with Crippen LogP contribution in [0.5, 0.6) is 0 Å². The van der Waals surface area contributed by atoms with Gasteiger partial charge in [-0.2, -0.15) is 0 Å². The van der Waals surface area contributed by atoms with Gasteiger partial charge in [0.1, 0.15) is 5.60 Å². The van der Waals surface area contributed by atoms with Crippen LogP contribution in [0.25, 0.3) is 45.5 Å². The molecular weight excluding hydrogens is 376 g/mol. The average Bonchev–Trinajstić information content (AvgIpc) is 3.05. The van der Waals surface area contributed by atoms with Crippen molar-refractivity contribution in [3.63, 3.8) is 0 Å². The summed E-state index contributed by atoms with van der Waals surface area (Å²) in [6.45, 7) is 9.54. The number of rotatable bonds is 4. The maximum absolute atomic E-state index is 11.6. The summed E-state index contributed by atoms with van der Waals surface area (Å²) >= 11 is 0. The van der Waals surface area contributed by atoms with E-state index in [-0.39, 0.29) is 0 Å². The molecule has 4 aromatic rings. The van der Waals surface area contributed by atoms with Gasteiger partial charge >= 0.3 is 0 Å². The van der Waals surface area contributed by atoms with E-state index in [1.165, 1.54) is 0 Å². The topological polar surface area (TPSA) is 20.2 Å². The Kier molecular flexibility index (Phi) is 4.50. The van der Waals surface area contributed by atoms with Crippen LogP contribution in [0.15, 0.2) is 98.1 Å². The predicted molar refractivity (Wildman–Crippen MR) is 132 cm³/mol. The van der Waals surface area contributed by atoms with E-state index in [4.69, 9.17) is 0 Å². The maximum atomic E-state index is 11.6. The van der Waals surface area contributed by atoms with E-state index in [2.05, 4.69) is 98.1 Å². The zero-order valence-electron chi connectivity index (χ0n) is 17.6. The molecule has 1 aliphatic carbocycles. The van der Waals surface area contributed by atoms with Gasteiger partial charge in [-0.05, 0) is 74.7 Å². The summed E-state index contributed by atoms with van der Waals surface area (Å²) in [4.78, 5) is 0. The molecule has 0 spiro atoms. The lowest BCUT2D eigenvalue weighted by molar-refractivity contribution is 0.107. The van der Waals surface area contributed by atoms with Gasteiger partial charge in [0.15, 0.2) is 0 Å². The summed E-state index contributed by atoms with van der Waals surface area (Å²) in [5.74, 6) is 0. The van der Waals surface area contributed by atoms with E-state index in [1.54, 1.807) is 0 Å². The van der Waals surface area contributed by atoms with E-state index in [1.807, 2.05) is 19.1 Å². The molecule has 0 fully saturated rings. The number of hydrogen-bond acceptors (Lipinski definition) is 1. The summed E-state index contributed by atoms with van der Waals surface area (Å²) in [7, 11) is 0. The Bertz CT molecular complexity index is 1200. The molecule has 0 atom stereocenters. The van der Waals surface area contributed by atoms with Gasteiger partial charge in [-0.3, -0.25) is 0 Å². The highest BCUT2D eigenvalue weighted by Gasteiger charge is 2.38. The molecule has 1 N–H and O–H groups in total. The molecule has 0 amide bonds. The molecule has 0 heterocycles. The number of aliphatic hydroxyl groups is 1. The zero-order chi connectivity index (χ0) is 21.6. The average molecular weight is 401 g/mol. The number of fused-ring (bicyclic) bond motifs is 3. The summed E-state index contributed by atoms with van der Waals surface area (Å²) < 4.78 is 0. The maximum Gasteiger partial charge on any atom is 0.113 e. The highest BCUT2D eigenvalue weighted by Crippen LogP contribution is 2.49. The van der Waals surface area contributed by atoms with Crippen molar-refractivity contribution in [3.8, 4) is 33.4 Å². The predicted octanol–water partition coefficient (Wildman–Crippen LogP) is 7.54. The van der Waals surface area contributed by atoms with Crippen LogP contribution >= 0.6 is 0 Å². The first-order valence-electron chi connectivity index (χ1n) is 10.5. The molecule has 1 heteroatoms. The molecule has 0 aromatic heterocycles. The van der Waals surface area contributed by atoms with Crippen molar-refractivity contribution in [1.29, 1.82) is 0 Å². The second-order valence-electron chi connectivity index (χ2n) is 8.25. The van der Waals surface area contributed by atoms with Crippen LogP contribution in [0.4, 0.5) is 0 Å². The van der Waals surface area contributed by atoms with Crippen molar-refractivity contribution in [2.24, 2.45) is 0 Å². The van der Waals surface area contributed by atoms with Gasteiger partial charge in [0, 0.05) is 0 Å².